The molecule has 0 aliphatic carbocycles. The quantitative estimate of drug-likeness (QED) is 0.832. The zero-order valence-electron chi connectivity index (χ0n) is 12.6. The molecule has 0 fully saturated rings. The fraction of sp³-hybridized carbons (Fsp3) is 0.188. The van der Waals surface area contributed by atoms with Gasteiger partial charge >= 0.3 is 6.18 Å². The summed E-state index contributed by atoms with van der Waals surface area (Å²) in [6.07, 6.45) is -4.39. The second kappa shape index (κ2) is 7.44. The van der Waals surface area contributed by atoms with Crippen molar-refractivity contribution >= 4 is 28.9 Å². The number of methoxy groups -OCH3 is 1. The van der Waals surface area contributed by atoms with Gasteiger partial charge in [-0.25, -0.2) is 0 Å². The third kappa shape index (κ3) is 4.79. The van der Waals surface area contributed by atoms with Crippen LogP contribution < -0.4 is 15.4 Å². The lowest BCUT2D eigenvalue weighted by Gasteiger charge is -2.11. The molecule has 2 rings (SSSR count). The highest BCUT2D eigenvalue weighted by atomic mass is 35.5. The average Bonchev–Trinajstić information content (AvgIpc) is 2.53. The van der Waals surface area contributed by atoms with E-state index in [1.165, 1.54) is 25.3 Å². The molecule has 0 aliphatic heterocycles. The predicted octanol–water partition coefficient (Wildman–Crippen LogP) is 4.42. The van der Waals surface area contributed by atoms with Crippen molar-refractivity contribution in [1.29, 1.82) is 0 Å². The van der Waals surface area contributed by atoms with Crippen molar-refractivity contribution in [3.63, 3.8) is 0 Å². The zero-order valence-corrected chi connectivity index (χ0v) is 13.3. The molecule has 0 saturated carbocycles. The number of benzene rings is 2. The van der Waals surface area contributed by atoms with Crippen LogP contribution in [0, 0.1) is 0 Å². The Morgan fingerprint density at radius 2 is 1.75 bits per heavy atom. The summed E-state index contributed by atoms with van der Waals surface area (Å²) in [5, 5.41) is 5.71. The largest absolute Gasteiger partial charge is 0.495 e. The van der Waals surface area contributed by atoms with Crippen molar-refractivity contribution in [2.45, 2.75) is 6.18 Å². The van der Waals surface area contributed by atoms with Gasteiger partial charge in [-0.05, 0) is 42.5 Å². The lowest BCUT2D eigenvalue weighted by atomic mass is 10.2. The van der Waals surface area contributed by atoms with Crippen LogP contribution >= 0.6 is 11.6 Å². The molecule has 2 aromatic rings. The molecule has 0 heterocycles. The van der Waals surface area contributed by atoms with E-state index in [1.54, 1.807) is 12.1 Å². The number of hydrogen-bond acceptors (Lipinski definition) is 3. The van der Waals surface area contributed by atoms with E-state index in [4.69, 9.17) is 16.3 Å². The fourth-order valence-corrected chi connectivity index (χ4v) is 2.17. The van der Waals surface area contributed by atoms with Gasteiger partial charge in [0.25, 0.3) is 0 Å². The maximum atomic E-state index is 12.5. The summed E-state index contributed by atoms with van der Waals surface area (Å²) in [7, 11) is 1.48. The number of hydrogen-bond donors (Lipinski definition) is 2. The molecule has 1 amide bonds. The van der Waals surface area contributed by atoms with Gasteiger partial charge in [-0.1, -0.05) is 11.6 Å². The summed E-state index contributed by atoms with van der Waals surface area (Å²) in [5.74, 6) is 0.119. The molecule has 0 unspecified atom stereocenters. The standard InChI is InChI=1S/C16H14ClF3N2O2/c1-24-14-7-6-12(8-13(14)17)22-15(23)9-21-11-4-2-10(3-5-11)16(18,19)20/h2-8,21H,9H2,1H3,(H,22,23). The maximum Gasteiger partial charge on any atom is 0.416 e. The molecule has 0 saturated heterocycles. The van der Waals surface area contributed by atoms with Crippen molar-refractivity contribution in [1.82, 2.24) is 0 Å². The number of nitrogens with one attached hydrogen (secondary N) is 2. The van der Waals surface area contributed by atoms with E-state index in [9.17, 15) is 18.0 Å². The minimum Gasteiger partial charge on any atom is -0.495 e. The molecule has 128 valence electrons. The first-order valence-corrected chi connectivity index (χ1v) is 7.22. The van der Waals surface area contributed by atoms with Crippen molar-refractivity contribution in [2.24, 2.45) is 0 Å². The summed E-state index contributed by atoms with van der Waals surface area (Å²) in [6.45, 7) is -0.102. The third-order valence-corrected chi connectivity index (χ3v) is 3.40. The Morgan fingerprint density at radius 1 is 1.12 bits per heavy atom. The van der Waals surface area contributed by atoms with Crippen molar-refractivity contribution < 1.29 is 22.7 Å². The van der Waals surface area contributed by atoms with Crippen molar-refractivity contribution in [3.8, 4) is 5.75 Å². The van der Waals surface area contributed by atoms with Crippen LogP contribution in [0.4, 0.5) is 24.5 Å². The number of anilines is 2. The smallest absolute Gasteiger partial charge is 0.416 e. The highest BCUT2D eigenvalue weighted by Crippen LogP contribution is 2.30. The molecule has 0 spiro atoms. The molecule has 0 atom stereocenters. The predicted molar refractivity (Wildman–Crippen MR) is 86.6 cm³/mol. The van der Waals surface area contributed by atoms with Crippen LogP contribution in [0.2, 0.25) is 5.02 Å². The van der Waals surface area contributed by atoms with Gasteiger partial charge in [-0.3, -0.25) is 4.79 Å². The van der Waals surface area contributed by atoms with E-state index in [1.807, 2.05) is 0 Å². The van der Waals surface area contributed by atoms with Crippen LogP contribution in [-0.4, -0.2) is 19.6 Å². The van der Waals surface area contributed by atoms with E-state index < -0.39 is 11.7 Å². The molecule has 2 N–H and O–H groups in total. The van der Waals surface area contributed by atoms with Crippen LogP contribution in [0.15, 0.2) is 42.5 Å². The second-order valence-electron chi connectivity index (χ2n) is 4.83. The van der Waals surface area contributed by atoms with Gasteiger partial charge < -0.3 is 15.4 Å². The molecule has 0 aromatic heterocycles. The number of alkyl halides is 3. The lowest BCUT2D eigenvalue weighted by molar-refractivity contribution is -0.137. The lowest BCUT2D eigenvalue weighted by Crippen LogP contribution is -2.21. The van der Waals surface area contributed by atoms with Gasteiger partial charge in [-0.15, -0.1) is 0 Å². The van der Waals surface area contributed by atoms with Gasteiger partial charge in [0.2, 0.25) is 5.91 Å². The van der Waals surface area contributed by atoms with E-state index in [-0.39, 0.29) is 12.5 Å². The van der Waals surface area contributed by atoms with E-state index in [2.05, 4.69) is 10.6 Å². The number of rotatable bonds is 5. The molecule has 2 aromatic carbocycles. The van der Waals surface area contributed by atoms with Gasteiger partial charge in [0.1, 0.15) is 5.75 Å². The normalized spacial score (nSPS) is 11.0. The van der Waals surface area contributed by atoms with Crippen molar-refractivity contribution in [2.75, 3.05) is 24.3 Å². The Balaban J connectivity index is 1.90. The number of ether oxygens (including phenoxy) is 1. The summed E-state index contributed by atoms with van der Waals surface area (Å²) in [6, 6.07) is 9.20. The number of halogens is 4. The molecule has 4 nitrogen and oxygen atoms in total. The summed E-state index contributed by atoms with van der Waals surface area (Å²) >= 11 is 5.95. The Hall–Kier alpha value is -2.41. The first kappa shape index (κ1) is 17.9. The van der Waals surface area contributed by atoms with Gasteiger partial charge in [0.15, 0.2) is 0 Å². The number of carbonyl (C=O) groups is 1. The Kier molecular flexibility index (Phi) is 5.56. The van der Waals surface area contributed by atoms with E-state index in [0.717, 1.165) is 12.1 Å². The van der Waals surface area contributed by atoms with Crippen LogP contribution in [0.3, 0.4) is 0 Å². The Labute approximate surface area is 141 Å². The fourth-order valence-electron chi connectivity index (χ4n) is 1.91. The Morgan fingerprint density at radius 3 is 2.29 bits per heavy atom. The summed E-state index contributed by atoms with van der Waals surface area (Å²) in [5.41, 5.74) is 0.149. The first-order chi connectivity index (χ1) is 11.3. The molecule has 8 heteroatoms. The van der Waals surface area contributed by atoms with E-state index >= 15 is 0 Å². The number of carbonyl (C=O) groups excluding carboxylic acids is 1. The number of amides is 1. The molecule has 0 bridgehead atoms. The maximum absolute atomic E-state index is 12.5. The third-order valence-electron chi connectivity index (χ3n) is 3.10. The minimum absolute atomic E-state index is 0.102. The molecule has 0 aliphatic rings. The average molecular weight is 359 g/mol. The highest BCUT2D eigenvalue weighted by molar-refractivity contribution is 6.32. The topological polar surface area (TPSA) is 50.4 Å². The highest BCUT2D eigenvalue weighted by Gasteiger charge is 2.29. The summed E-state index contributed by atoms with van der Waals surface area (Å²) in [4.78, 5) is 11.8. The Bertz CT molecular complexity index is 718. The second-order valence-corrected chi connectivity index (χ2v) is 5.23. The minimum atomic E-state index is -4.39. The van der Waals surface area contributed by atoms with Crippen molar-refractivity contribution in [3.05, 3.63) is 53.1 Å². The van der Waals surface area contributed by atoms with Gasteiger partial charge in [-0.2, -0.15) is 13.2 Å². The summed E-state index contributed by atoms with van der Waals surface area (Å²) < 4.78 is 42.4. The first-order valence-electron chi connectivity index (χ1n) is 6.84. The van der Waals surface area contributed by atoms with Gasteiger partial charge in [0, 0.05) is 11.4 Å². The van der Waals surface area contributed by atoms with Gasteiger partial charge in [0.05, 0.1) is 24.2 Å². The molecular formula is C16H14ClF3N2O2. The molecule has 0 radical (unpaired) electrons. The van der Waals surface area contributed by atoms with Crippen LogP contribution in [-0.2, 0) is 11.0 Å². The zero-order chi connectivity index (χ0) is 17.7. The SMILES string of the molecule is COc1ccc(NC(=O)CNc2ccc(C(F)(F)F)cc2)cc1Cl. The monoisotopic (exact) mass is 358 g/mol. The molecule has 24 heavy (non-hydrogen) atoms. The van der Waals surface area contributed by atoms with Crippen LogP contribution in [0.5, 0.6) is 5.75 Å². The van der Waals surface area contributed by atoms with Crippen LogP contribution in [0.1, 0.15) is 5.56 Å². The molecular weight excluding hydrogens is 345 g/mol. The van der Waals surface area contributed by atoms with Crippen LogP contribution in [0.25, 0.3) is 0 Å². The van der Waals surface area contributed by atoms with E-state index in [0.29, 0.717) is 22.1 Å².